The molecule has 0 fully saturated rings. The number of hydrogen-bond acceptors (Lipinski definition) is 3. The fourth-order valence-corrected chi connectivity index (χ4v) is 2.95. The third kappa shape index (κ3) is 9.89. The molecule has 2 aromatic rings. The molecule has 1 unspecified atom stereocenters. The summed E-state index contributed by atoms with van der Waals surface area (Å²) in [6.07, 6.45) is 5.57. The van der Waals surface area contributed by atoms with E-state index in [1.54, 1.807) is 0 Å². The first-order valence-corrected chi connectivity index (χ1v) is 10.6. The predicted molar refractivity (Wildman–Crippen MR) is 119 cm³/mol. The van der Waals surface area contributed by atoms with Crippen LogP contribution >= 0.6 is 0 Å². The molecule has 3 nitrogen and oxygen atoms in total. The monoisotopic (exact) mass is 396 g/mol. The van der Waals surface area contributed by atoms with Crippen LogP contribution in [0.1, 0.15) is 58.1 Å². The van der Waals surface area contributed by atoms with E-state index >= 15 is 0 Å². The van der Waals surface area contributed by atoms with Crippen molar-refractivity contribution in [1.29, 1.82) is 0 Å². The van der Waals surface area contributed by atoms with E-state index < -0.39 is 5.97 Å². The van der Waals surface area contributed by atoms with E-state index in [1.807, 2.05) is 67.6 Å². The van der Waals surface area contributed by atoms with Crippen LogP contribution in [-0.2, 0) is 27.4 Å². The van der Waals surface area contributed by atoms with Gasteiger partial charge in [-0.1, -0.05) is 79.2 Å². The summed E-state index contributed by atoms with van der Waals surface area (Å²) in [4.78, 5) is 0. The van der Waals surface area contributed by atoms with E-state index in [-0.39, 0.29) is 0 Å². The summed E-state index contributed by atoms with van der Waals surface area (Å²) >= 11 is 0. The van der Waals surface area contributed by atoms with Crippen molar-refractivity contribution < 1.29 is 14.2 Å². The van der Waals surface area contributed by atoms with E-state index in [0.717, 1.165) is 24.0 Å². The molecule has 158 valence electrons. The summed E-state index contributed by atoms with van der Waals surface area (Å²) in [6.45, 7) is 9.93. The molecule has 0 amide bonds. The van der Waals surface area contributed by atoms with Crippen LogP contribution in [0.4, 0.5) is 0 Å². The maximum atomic E-state index is 6.11. The highest BCUT2D eigenvalue weighted by Gasteiger charge is 2.27. The van der Waals surface area contributed by atoms with Crippen LogP contribution in [0.2, 0.25) is 0 Å². The first-order valence-electron chi connectivity index (χ1n) is 10.6. The Balaban J connectivity index is 1.87. The Bertz CT molecular complexity index is 662. The SMILES string of the molecule is CC(C)=CCCC(C)CCOC(C)(OCc1ccccc1)OCc1ccccc1. The molecule has 0 saturated carbocycles. The minimum absolute atomic E-state index is 0.447. The lowest BCUT2D eigenvalue weighted by molar-refractivity contribution is -0.379. The normalized spacial score (nSPS) is 12.6. The number of allylic oxidation sites excluding steroid dienone is 2. The highest BCUT2D eigenvalue weighted by atomic mass is 16.9. The van der Waals surface area contributed by atoms with Gasteiger partial charge in [-0.15, -0.1) is 0 Å². The van der Waals surface area contributed by atoms with E-state index in [9.17, 15) is 0 Å². The summed E-state index contributed by atoms with van der Waals surface area (Å²) in [5, 5.41) is 0. The topological polar surface area (TPSA) is 27.7 Å². The van der Waals surface area contributed by atoms with Gasteiger partial charge in [-0.05, 0) is 50.2 Å². The average Bonchev–Trinajstić information content (AvgIpc) is 2.72. The molecule has 2 aromatic carbocycles. The molecule has 1 atom stereocenters. The number of benzene rings is 2. The second kappa shape index (κ2) is 12.6. The summed E-state index contributed by atoms with van der Waals surface area (Å²) in [5.74, 6) is -0.483. The van der Waals surface area contributed by atoms with Crippen molar-refractivity contribution in [3.63, 3.8) is 0 Å². The molecule has 0 aliphatic heterocycles. The molecule has 0 bridgehead atoms. The van der Waals surface area contributed by atoms with Gasteiger partial charge in [0.2, 0.25) is 0 Å². The van der Waals surface area contributed by atoms with Crippen molar-refractivity contribution in [2.45, 2.75) is 66.1 Å². The lowest BCUT2D eigenvalue weighted by Gasteiger charge is -2.30. The Morgan fingerprint density at radius 1 is 0.828 bits per heavy atom. The fraction of sp³-hybridized carbons (Fsp3) is 0.462. The first kappa shape index (κ1) is 23.3. The highest BCUT2D eigenvalue weighted by Crippen LogP contribution is 2.21. The van der Waals surface area contributed by atoms with Crippen molar-refractivity contribution in [1.82, 2.24) is 0 Å². The molecular formula is C26H36O3. The summed E-state index contributed by atoms with van der Waals surface area (Å²) in [6, 6.07) is 20.2. The van der Waals surface area contributed by atoms with Crippen molar-refractivity contribution >= 4 is 0 Å². The second-order valence-corrected chi connectivity index (χ2v) is 8.01. The number of rotatable bonds is 13. The molecule has 0 saturated heterocycles. The molecule has 0 N–H and O–H groups in total. The molecule has 0 spiro atoms. The zero-order chi connectivity index (χ0) is 21.0. The van der Waals surface area contributed by atoms with Crippen LogP contribution in [0.25, 0.3) is 0 Å². The Morgan fingerprint density at radius 2 is 1.34 bits per heavy atom. The molecule has 0 heterocycles. The fourth-order valence-electron chi connectivity index (χ4n) is 2.95. The van der Waals surface area contributed by atoms with Gasteiger partial charge >= 0.3 is 0 Å². The Morgan fingerprint density at radius 3 is 1.83 bits per heavy atom. The Hall–Kier alpha value is -1.94. The van der Waals surface area contributed by atoms with Crippen molar-refractivity contribution in [2.24, 2.45) is 5.92 Å². The third-order valence-corrected chi connectivity index (χ3v) is 4.87. The number of hydrogen-bond donors (Lipinski definition) is 0. The van der Waals surface area contributed by atoms with E-state index in [2.05, 4.69) is 26.8 Å². The number of ether oxygens (including phenoxy) is 3. The summed E-state index contributed by atoms with van der Waals surface area (Å²) < 4.78 is 18.3. The molecule has 0 aliphatic rings. The molecule has 0 aliphatic carbocycles. The lowest BCUT2D eigenvalue weighted by atomic mass is 10.0. The maximum Gasteiger partial charge on any atom is 0.280 e. The van der Waals surface area contributed by atoms with Crippen LogP contribution in [0, 0.1) is 5.92 Å². The van der Waals surface area contributed by atoms with Gasteiger partial charge in [0.15, 0.2) is 0 Å². The predicted octanol–water partition coefficient (Wildman–Crippen LogP) is 6.88. The van der Waals surface area contributed by atoms with Gasteiger partial charge in [0.05, 0.1) is 19.8 Å². The van der Waals surface area contributed by atoms with E-state index in [4.69, 9.17) is 14.2 Å². The Kier molecular flexibility index (Phi) is 10.1. The molecule has 3 heteroatoms. The van der Waals surface area contributed by atoms with Gasteiger partial charge in [0, 0.05) is 6.92 Å². The van der Waals surface area contributed by atoms with Crippen molar-refractivity contribution in [3.8, 4) is 0 Å². The minimum atomic E-state index is -1.08. The molecule has 2 rings (SSSR count). The van der Waals surface area contributed by atoms with Crippen LogP contribution in [-0.4, -0.2) is 12.6 Å². The smallest absolute Gasteiger partial charge is 0.280 e. The van der Waals surface area contributed by atoms with E-state index in [1.165, 1.54) is 12.0 Å². The van der Waals surface area contributed by atoms with Gasteiger partial charge in [-0.25, -0.2) is 0 Å². The molecule has 0 radical (unpaired) electrons. The van der Waals surface area contributed by atoms with Gasteiger partial charge in [0.25, 0.3) is 5.97 Å². The summed E-state index contributed by atoms with van der Waals surface area (Å²) in [5.41, 5.74) is 3.58. The highest BCUT2D eigenvalue weighted by molar-refractivity contribution is 5.14. The quantitative estimate of drug-likeness (QED) is 0.273. The van der Waals surface area contributed by atoms with Crippen LogP contribution in [0.5, 0.6) is 0 Å². The zero-order valence-corrected chi connectivity index (χ0v) is 18.4. The van der Waals surface area contributed by atoms with Crippen LogP contribution in [0.3, 0.4) is 0 Å². The van der Waals surface area contributed by atoms with Gasteiger partial charge in [-0.2, -0.15) is 0 Å². The first-order chi connectivity index (χ1) is 14.0. The standard InChI is InChI=1S/C26H36O3/c1-22(2)12-11-13-23(3)18-19-27-26(4,28-20-24-14-7-5-8-15-24)29-21-25-16-9-6-10-17-25/h5-10,12,14-17,23H,11,13,18-21H2,1-4H3. The third-order valence-electron chi connectivity index (χ3n) is 4.87. The average molecular weight is 397 g/mol. The molecular weight excluding hydrogens is 360 g/mol. The van der Waals surface area contributed by atoms with Gasteiger partial charge in [0.1, 0.15) is 0 Å². The van der Waals surface area contributed by atoms with Crippen molar-refractivity contribution in [3.05, 3.63) is 83.4 Å². The van der Waals surface area contributed by atoms with Gasteiger partial charge in [-0.3, -0.25) is 0 Å². The maximum absolute atomic E-state index is 6.11. The van der Waals surface area contributed by atoms with Crippen molar-refractivity contribution in [2.75, 3.05) is 6.61 Å². The Labute approximate surface area is 176 Å². The minimum Gasteiger partial charge on any atom is -0.328 e. The second-order valence-electron chi connectivity index (χ2n) is 8.01. The van der Waals surface area contributed by atoms with Crippen LogP contribution < -0.4 is 0 Å². The van der Waals surface area contributed by atoms with Crippen LogP contribution in [0.15, 0.2) is 72.3 Å². The molecule has 0 aromatic heterocycles. The largest absolute Gasteiger partial charge is 0.328 e. The molecule has 29 heavy (non-hydrogen) atoms. The lowest BCUT2D eigenvalue weighted by Crippen LogP contribution is -2.36. The van der Waals surface area contributed by atoms with E-state index in [0.29, 0.717) is 25.7 Å². The zero-order valence-electron chi connectivity index (χ0n) is 18.4. The van der Waals surface area contributed by atoms with Gasteiger partial charge < -0.3 is 14.2 Å². The summed E-state index contributed by atoms with van der Waals surface area (Å²) in [7, 11) is 0.